The average Bonchev–Trinajstić information content (AvgIpc) is 2.82. The molecule has 0 aliphatic heterocycles. The third-order valence-electron chi connectivity index (χ3n) is 4.70. The van der Waals surface area contributed by atoms with E-state index in [0.717, 1.165) is 11.3 Å². The highest BCUT2D eigenvalue weighted by atomic mass is 16.5. The molecule has 0 heterocycles. The standard InChI is InChI=1S/C25H23NO5/c1-17(24(28)26-16-18-8-14-22(30-2)15-9-18)31-25(29)21-12-10-20(11-13-21)23(27)19-6-4-3-5-7-19/h3-15,17H,16H2,1-2H3,(H,26,28)/t17-/m0/s1. The predicted molar refractivity (Wildman–Crippen MR) is 116 cm³/mol. The molecule has 3 aromatic rings. The van der Waals surface area contributed by atoms with Gasteiger partial charge in [0.15, 0.2) is 11.9 Å². The van der Waals surface area contributed by atoms with Gasteiger partial charge in [-0.2, -0.15) is 0 Å². The van der Waals surface area contributed by atoms with Gasteiger partial charge in [-0.15, -0.1) is 0 Å². The number of carbonyl (C=O) groups excluding carboxylic acids is 3. The Morgan fingerprint density at radius 1 is 0.806 bits per heavy atom. The van der Waals surface area contributed by atoms with Crippen LogP contribution < -0.4 is 10.1 Å². The Morgan fingerprint density at radius 3 is 2.00 bits per heavy atom. The van der Waals surface area contributed by atoms with Gasteiger partial charge < -0.3 is 14.8 Å². The van der Waals surface area contributed by atoms with Crippen LogP contribution in [-0.2, 0) is 16.1 Å². The molecule has 3 aromatic carbocycles. The maximum atomic E-state index is 12.4. The van der Waals surface area contributed by atoms with Gasteiger partial charge in [0.2, 0.25) is 0 Å². The summed E-state index contributed by atoms with van der Waals surface area (Å²) in [6, 6.07) is 22.3. The highest BCUT2D eigenvalue weighted by Crippen LogP contribution is 2.13. The monoisotopic (exact) mass is 417 g/mol. The van der Waals surface area contributed by atoms with Gasteiger partial charge in [-0.25, -0.2) is 4.79 Å². The van der Waals surface area contributed by atoms with Crippen molar-refractivity contribution < 1.29 is 23.9 Å². The minimum Gasteiger partial charge on any atom is -0.497 e. The number of benzene rings is 3. The number of amides is 1. The lowest BCUT2D eigenvalue weighted by atomic mass is 10.0. The van der Waals surface area contributed by atoms with Gasteiger partial charge in [0.05, 0.1) is 12.7 Å². The summed E-state index contributed by atoms with van der Waals surface area (Å²) in [6.45, 7) is 1.82. The van der Waals surface area contributed by atoms with E-state index in [-0.39, 0.29) is 11.3 Å². The minimum absolute atomic E-state index is 0.133. The second kappa shape index (κ2) is 10.2. The fourth-order valence-electron chi connectivity index (χ4n) is 2.87. The summed E-state index contributed by atoms with van der Waals surface area (Å²) in [5.41, 5.74) is 2.19. The molecule has 0 saturated heterocycles. The first-order chi connectivity index (χ1) is 15.0. The lowest BCUT2D eigenvalue weighted by molar-refractivity contribution is -0.129. The van der Waals surface area contributed by atoms with Crippen LogP contribution in [0.5, 0.6) is 5.75 Å². The molecule has 0 unspecified atom stereocenters. The summed E-state index contributed by atoms with van der Waals surface area (Å²) in [5, 5.41) is 2.73. The van der Waals surface area contributed by atoms with Crippen molar-refractivity contribution in [3.8, 4) is 5.75 Å². The SMILES string of the molecule is COc1ccc(CNC(=O)[C@H](C)OC(=O)c2ccc(C(=O)c3ccccc3)cc2)cc1. The molecule has 6 nitrogen and oxygen atoms in total. The third kappa shape index (κ3) is 5.79. The van der Waals surface area contributed by atoms with E-state index in [4.69, 9.17) is 9.47 Å². The highest BCUT2D eigenvalue weighted by Gasteiger charge is 2.19. The highest BCUT2D eigenvalue weighted by molar-refractivity contribution is 6.09. The van der Waals surface area contributed by atoms with Gasteiger partial charge in [-0.3, -0.25) is 9.59 Å². The zero-order valence-corrected chi connectivity index (χ0v) is 17.3. The van der Waals surface area contributed by atoms with Gasteiger partial charge in [0, 0.05) is 17.7 Å². The van der Waals surface area contributed by atoms with Crippen LogP contribution in [0.4, 0.5) is 0 Å². The van der Waals surface area contributed by atoms with E-state index in [9.17, 15) is 14.4 Å². The van der Waals surface area contributed by atoms with Crippen molar-refractivity contribution in [1.82, 2.24) is 5.32 Å². The van der Waals surface area contributed by atoms with Crippen molar-refractivity contribution in [1.29, 1.82) is 0 Å². The summed E-state index contributed by atoms with van der Waals surface area (Å²) in [4.78, 5) is 37.0. The fourth-order valence-corrected chi connectivity index (χ4v) is 2.87. The lowest BCUT2D eigenvalue weighted by Gasteiger charge is -2.14. The summed E-state index contributed by atoms with van der Waals surface area (Å²) < 4.78 is 10.4. The number of carbonyl (C=O) groups is 3. The first-order valence-electron chi connectivity index (χ1n) is 9.79. The molecule has 0 saturated carbocycles. The molecule has 3 rings (SSSR count). The quantitative estimate of drug-likeness (QED) is 0.446. The molecule has 0 spiro atoms. The van der Waals surface area contributed by atoms with E-state index < -0.39 is 18.0 Å². The van der Waals surface area contributed by atoms with Crippen molar-refractivity contribution in [2.45, 2.75) is 19.6 Å². The summed E-state index contributed by atoms with van der Waals surface area (Å²) in [7, 11) is 1.58. The average molecular weight is 417 g/mol. The van der Waals surface area contributed by atoms with Gasteiger partial charge in [0.1, 0.15) is 5.75 Å². The van der Waals surface area contributed by atoms with Gasteiger partial charge in [-0.1, -0.05) is 54.6 Å². The fraction of sp³-hybridized carbons (Fsp3) is 0.160. The zero-order valence-electron chi connectivity index (χ0n) is 17.3. The zero-order chi connectivity index (χ0) is 22.2. The Kier molecular flexibility index (Phi) is 7.17. The van der Waals surface area contributed by atoms with Crippen LogP contribution >= 0.6 is 0 Å². The second-order valence-corrected chi connectivity index (χ2v) is 6.89. The van der Waals surface area contributed by atoms with Crippen molar-refractivity contribution in [2.75, 3.05) is 7.11 Å². The Morgan fingerprint density at radius 2 is 1.39 bits per heavy atom. The number of hydrogen-bond donors (Lipinski definition) is 1. The molecule has 1 amide bonds. The van der Waals surface area contributed by atoms with Crippen LogP contribution in [0.15, 0.2) is 78.9 Å². The van der Waals surface area contributed by atoms with Gasteiger partial charge in [0.25, 0.3) is 5.91 Å². The van der Waals surface area contributed by atoms with Crippen LogP contribution in [0.3, 0.4) is 0 Å². The first kappa shape index (κ1) is 21.8. The molecule has 1 N–H and O–H groups in total. The molecule has 0 aliphatic rings. The Labute approximate surface area is 180 Å². The van der Waals surface area contributed by atoms with Crippen molar-refractivity contribution in [3.05, 3.63) is 101 Å². The smallest absolute Gasteiger partial charge is 0.338 e. The van der Waals surface area contributed by atoms with Crippen LogP contribution in [0.1, 0.15) is 38.8 Å². The summed E-state index contributed by atoms with van der Waals surface area (Å²) >= 11 is 0. The van der Waals surface area contributed by atoms with Gasteiger partial charge >= 0.3 is 5.97 Å². The number of esters is 1. The number of nitrogens with one attached hydrogen (secondary N) is 1. The van der Waals surface area contributed by atoms with E-state index in [1.54, 1.807) is 55.6 Å². The van der Waals surface area contributed by atoms with Gasteiger partial charge in [-0.05, 0) is 36.8 Å². The second-order valence-electron chi connectivity index (χ2n) is 6.89. The summed E-state index contributed by atoms with van der Waals surface area (Å²) in [5.74, 6) is -0.438. The molecule has 0 bridgehead atoms. The van der Waals surface area contributed by atoms with E-state index >= 15 is 0 Å². The normalized spacial score (nSPS) is 11.3. The van der Waals surface area contributed by atoms with Crippen molar-refractivity contribution in [3.63, 3.8) is 0 Å². The molecule has 0 radical (unpaired) electrons. The Balaban J connectivity index is 1.53. The molecule has 0 aliphatic carbocycles. The minimum atomic E-state index is -0.962. The number of rotatable bonds is 8. The Hall–Kier alpha value is -3.93. The lowest BCUT2D eigenvalue weighted by Crippen LogP contribution is -2.35. The molecular weight excluding hydrogens is 394 g/mol. The molecule has 0 aromatic heterocycles. The number of methoxy groups -OCH3 is 1. The van der Waals surface area contributed by atoms with Crippen LogP contribution in [0.2, 0.25) is 0 Å². The largest absolute Gasteiger partial charge is 0.497 e. The van der Waals surface area contributed by atoms with Crippen LogP contribution in [0.25, 0.3) is 0 Å². The molecule has 1 atom stereocenters. The Bertz CT molecular complexity index is 1040. The predicted octanol–water partition coefficient (Wildman–Crippen LogP) is 3.79. The molecule has 31 heavy (non-hydrogen) atoms. The summed E-state index contributed by atoms with van der Waals surface area (Å²) in [6.07, 6.45) is -0.962. The molecule has 158 valence electrons. The number of ketones is 1. The molecular formula is C25H23NO5. The number of ether oxygens (including phenoxy) is 2. The third-order valence-corrected chi connectivity index (χ3v) is 4.70. The topological polar surface area (TPSA) is 81.7 Å². The molecule has 6 heteroatoms. The van der Waals surface area contributed by atoms with Crippen LogP contribution in [0, 0.1) is 0 Å². The van der Waals surface area contributed by atoms with E-state index in [0.29, 0.717) is 17.7 Å². The van der Waals surface area contributed by atoms with E-state index in [2.05, 4.69) is 5.32 Å². The van der Waals surface area contributed by atoms with E-state index in [1.807, 2.05) is 18.2 Å². The maximum Gasteiger partial charge on any atom is 0.338 e. The van der Waals surface area contributed by atoms with E-state index in [1.165, 1.54) is 19.1 Å². The van der Waals surface area contributed by atoms with Crippen molar-refractivity contribution >= 4 is 17.7 Å². The van der Waals surface area contributed by atoms with Crippen molar-refractivity contribution in [2.24, 2.45) is 0 Å². The van der Waals surface area contributed by atoms with Crippen LogP contribution in [-0.4, -0.2) is 30.9 Å². The maximum absolute atomic E-state index is 12.4. The first-order valence-corrected chi connectivity index (χ1v) is 9.79. The molecule has 0 fully saturated rings. The number of hydrogen-bond acceptors (Lipinski definition) is 5.